The largest absolute Gasteiger partial charge is 0.323 e. The molecule has 2 nitrogen and oxygen atoms in total. The van der Waals surface area contributed by atoms with E-state index in [4.69, 9.17) is 23.2 Å². The summed E-state index contributed by atoms with van der Waals surface area (Å²) in [5, 5.41) is 3.85. The lowest BCUT2D eigenvalue weighted by atomic mass is 9.99. The zero-order chi connectivity index (χ0) is 16.8. The Morgan fingerprint density at radius 2 is 1.74 bits per heavy atom. The summed E-state index contributed by atoms with van der Waals surface area (Å²) in [6.07, 6.45) is 4.14. The Bertz CT molecular complexity index is 688. The molecule has 2 aromatic rings. The van der Waals surface area contributed by atoms with Gasteiger partial charge in [0.25, 0.3) is 0 Å². The van der Waals surface area contributed by atoms with Crippen molar-refractivity contribution in [2.45, 2.75) is 26.2 Å². The van der Waals surface area contributed by atoms with Gasteiger partial charge in [0.15, 0.2) is 0 Å². The van der Waals surface area contributed by atoms with E-state index < -0.39 is 0 Å². The second-order valence-electron chi connectivity index (χ2n) is 5.39. The molecule has 120 valence electrons. The van der Waals surface area contributed by atoms with Crippen molar-refractivity contribution in [3.63, 3.8) is 0 Å². The molecule has 0 aliphatic rings. The molecule has 0 spiro atoms. The van der Waals surface area contributed by atoms with Crippen LogP contribution in [0.5, 0.6) is 0 Å². The van der Waals surface area contributed by atoms with Crippen LogP contribution in [0.15, 0.2) is 48.5 Å². The third kappa shape index (κ3) is 4.85. The molecule has 2 rings (SSSR count). The molecule has 2 aromatic carbocycles. The number of carbonyl (C=O) groups is 1. The molecule has 4 heteroatoms. The van der Waals surface area contributed by atoms with E-state index in [9.17, 15) is 4.79 Å². The first-order valence-corrected chi connectivity index (χ1v) is 8.30. The van der Waals surface area contributed by atoms with Crippen molar-refractivity contribution in [3.05, 3.63) is 69.7 Å². The highest BCUT2D eigenvalue weighted by Gasteiger charge is 2.05. The Kier molecular flexibility index (Phi) is 6.26. The monoisotopic (exact) mass is 347 g/mol. The lowest BCUT2D eigenvalue weighted by Gasteiger charge is -2.10. The Hall–Kier alpha value is -1.77. The highest BCUT2D eigenvalue weighted by molar-refractivity contribution is 6.37. The smallest absolute Gasteiger partial charge is 0.248 e. The van der Waals surface area contributed by atoms with Crippen LogP contribution < -0.4 is 5.32 Å². The quantitative estimate of drug-likeness (QED) is 0.644. The van der Waals surface area contributed by atoms with Crippen LogP contribution >= 0.6 is 23.2 Å². The van der Waals surface area contributed by atoms with Crippen molar-refractivity contribution in [2.75, 3.05) is 5.32 Å². The average Bonchev–Trinajstić information content (AvgIpc) is 2.54. The van der Waals surface area contributed by atoms with E-state index in [1.54, 1.807) is 24.3 Å². The van der Waals surface area contributed by atoms with Crippen LogP contribution in [0.1, 0.15) is 37.3 Å². The molecular weight excluding hydrogens is 329 g/mol. The number of carbonyl (C=O) groups excluding carboxylic acids is 1. The van der Waals surface area contributed by atoms with Gasteiger partial charge in [-0.2, -0.15) is 0 Å². The number of halogens is 2. The summed E-state index contributed by atoms with van der Waals surface area (Å²) in [5.74, 6) is 0.291. The molecule has 0 fully saturated rings. The molecule has 23 heavy (non-hydrogen) atoms. The maximum absolute atomic E-state index is 12.0. The van der Waals surface area contributed by atoms with E-state index >= 15 is 0 Å². The van der Waals surface area contributed by atoms with Crippen molar-refractivity contribution in [2.24, 2.45) is 0 Å². The van der Waals surface area contributed by atoms with Crippen molar-refractivity contribution >= 4 is 40.9 Å². The SMILES string of the molecule is CCC(C)c1ccc(NC(=O)/C=C/c2c(Cl)cccc2Cl)cc1. The fourth-order valence-corrected chi connectivity index (χ4v) is 2.67. The van der Waals surface area contributed by atoms with Crippen molar-refractivity contribution in [1.29, 1.82) is 0 Å². The predicted molar refractivity (Wildman–Crippen MR) is 99.3 cm³/mol. The number of benzene rings is 2. The molecule has 0 aliphatic carbocycles. The molecule has 1 atom stereocenters. The van der Waals surface area contributed by atoms with Gasteiger partial charge in [-0.3, -0.25) is 4.79 Å². The number of hydrogen-bond donors (Lipinski definition) is 1. The molecule has 1 N–H and O–H groups in total. The van der Waals surface area contributed by atoms with Crippen LogP contribution in [0.3, 0.4) is 0 Å². The van der Waals surface area contributed by atoms with E-state index in [-0.39, 0.29) is 5.91 Å². The summed E-state index contributed by atoms with van der Waals surface area (Å²) in [4.78, 5) is 12.0. The Morgan fingerprint density at radius 3 is 2.30 bits per heavy atom. The van der Waals surface area contributed by atoms with E-state index in [0.29, 0.717) is 21.5 Å². The maximum Gasteiger partial charge on any atom is 0.248 e. The van der Waals surface area contributed by atoms with Crippen molar-refractivity contribution < 1.29 is 4.79 Å². The molecule has 1 amide bonds. The van der Waals surface area contributed by atoms with E-state index in [0.717, 1.165) is 12.1 Å². The van der Waals surface area contributed by atoms with E-state index in [2.05, 4.69) is 19.2 Å². The summed E-state index contributed by atoms with van der Waals surface area (Å²) >= 11 is 12.1. The second kappa shape index (κ2) is 8.19. The predicted octanol–water partition coefficient (Wildman–Crippen LogP) is 6.16. The molecule has 0 bridgehead atoms. The summed E-state index contributed by atoms with van der Waals surface area (Å²) in [7, 11) is 0. The molecular formula is C19H19Cl2NO. The number of amides is 1. The zero-order valence-corrected chi connectivity index (χ0v) is 14.7. The summed E-state index contributed by atoms with van der Waals surface area (Å²) in [6, 6.07) is 13.1. The normalized spacial score (nSPS) is 12.3. The molecule has 0 heterocycles. The third-order valence-corrected chi connectivity index (χ3v) is 4.42. The molecule has 1 unspecified atom stereocenters. The van der Waals surface area contributed by atoms with Crippen LogP contribution in [0.2, 0.25) is 10.0 Å². The maximum atomic E-state index is 12.0. The van der Waals surface area contributed by atoms with Gasteiger partial charge in [0.05, 0.1) is 0 Å². The summed E-state index contributed by atoms with van der Waals surface area (Å²) in [5.41, 5.74) is 2.67. The average molecular weight is 348 g/mol. The first-order chi connectivity index (χ1) is 11.0. The highest BCUT2D eigenvalue weighted by Crippen LogP contribution is 2.25. The first-order valence-electron chi connectivity index (χ1n) is 7.54. The van der Waals surface area contributed by atoms with Gasteiger partial charge in [-0.1, -0.05) is 55.2 Å². The summed E-state index contributed by atoms with van der Waals surface area (Å²) < 4.78 is 0. The highest BCUT2D eigenvalue weighted by atomic mass is 35.5. The Balaban J connectivity index is 2.03. The first kappa shape index (κ1) is 17.6. The Labute approximate surface area is 147 Å². The fraction of sp³-hybridized carbons (Fsp3) is 0.211. The summed E-state index contributed by atoms with van der Waals surface area (Å²) in [6.45, 7) is 4.34. The molecule has 0 aromatic heterocycles. The van der Waals surface area contributed by atoms with Crippen molar-refractivity contribution in [1.82, 2.24) is 0 Å². The fourth-order valence-electron chi connectivity index (χ4n) is 2.14. The topological polar surface area (TPSA) is 29.1 Å². The van der Waals surface area contributed by atoms with Gasteiger partial charge >= 0.3 is 0 Å². The molecule has 0 saturated carbocycles. The third-order valence-electron chi connectivity index (χ3n) is 3.76. The van der Waals surface area contributed by atoms with Gasteiger partial charge in [-0.25, -0.2) is 0 Å². The number of anilines is 1. The van der Waals surface area contributed by atoms with Gasteiger partial charge < -0.3 is 5.32 Å². The standard InChI is InChI=1S/C19H19Cl2NO/c1-3-13(2)14-7-9-15(10-8-14)22-19(23)12-11-16-17(20)5-4-6-18(16)21/h4-13H,3H2,1-2H3,(H,22,23)/b12-11+. The minimum Gasteiger partial charge on any atom is -0.323 e. The number of hydrogen-bond acceptors (Lipinski definition) is 1. The minimum atomic E-state index is -0.225. The molecule has 0 radical (unpaired) electrons. The zero-order valence-electron chi connectivity index (χ0n) is 13.1. The lowest BCUT2D eigenvalue weighted by molar-refractivity contribution is -0.111. The molecule has 0 aliphatic heterocycles. The minimum absolute atomic E-state index is 0.225. The van der Waals surface area contributed by atoms with Gasteiger partial charge in [-0.05, 0) is 48.2 Å². The molecule has 0 saturated heterocycles. The lowest BCUT2D eigenvalue weighted by Crippen LogP contribution is -2.07. The van der Waals surface area contributed by atoms with Crippen LogP contribution in [0.4, 0.5) is 5.69 Å². The Morgan fingerprint density at radius 1 is 1.13 bits per heavy atom. The van der Waals surface area contributed by atoms with Crippen LogP contribution in [-0.2, 0) is 4.79 Å². The van der Waals surface area contributed by atoms with Crippen LogP contribution in [0, 0.1) is 0 Å². The van der Waals surface area contributed by atoms with E-state index in [1.165, 1.54) is 11.6 Å². The van der Waals surface area contributed by atoms with Crippen LogP contribution in [0.25, 0.3) is 6.08 Å². The van der Waals surface area contributed by atoms with Gasteiger partial charge in [0, 0.05) is 27.4 Å². The van der Waals surface area contributed by atoms with E-state index in [1.807, 2.05) is 24.3 Å². The van der Waals surface area contributed by atoms with Gasteiger partial charge in [0.2, 0.25) is 5.91 Å². The van der Waals surface area contributed by atoms with Crippen LogP contribution in [-0.4, -0.2) is 5.91 Å². The van der Waals surface area contributed by atoms with Crippen molar-refractivity contribution in [3.8, 4) is 0 Å². The number of nitrogens with one attached hydrogen (secondary N) is 1. The van der Waals surface area contributed by atoms with Gasteiger partial charge in [0.1, 0.15) is 0 Å². The van der Waals surface area contributed by atoms with Gasteiger partial charge in [-0.15, -0.1) is 0 Å². The second-order valence-corrected chi connectivity index (χ2v) is 6.20. The number of rotatable bonds is 5.